The standard InChI is InChI=1S/C57H48N10.Zn/c1-6-16-38(17-7-1)51-43-26-28-45(59-43)52(39-18-8-2-9-19-39)47-30-32-49(61-47)54(50-33-31-48(62-50)53(40-20-10-3-11-21-40)46-29-27-44(51)60-46)41-22-24-42(25-23-41)58-55-63-56(66-34-12-4-13-35-66)65-57(64-55)67-36-14-5-15-37-67;/h1-3,6-11,16-33H,4-5,12-15,34-37H2,(H,58,63,64,65);/q-2;+2. The number of nitrogens with zero attached hydrogens (tertiary/aromatic N) is 9. The van der Waals surface area contributed by atoms with E-state index in [1.165, 1.54) is 12.8 Å². The van der Waals surface area contributed by atoms with Gasteiger partial charge >= 0.3 is 19.5 Å². The van der Waals surface area contributed by atoms with Crippen molar-refractivity contribution in [3.05, 3.63) is 162 Å². The molecule has 0 unspecified atom stereocenters. The third-order valence-corrected chi connectivity index (χ3v) is 13.1. The van der Waals surface area contributed by atoms with Crippen LogP contribution in [0.15, 0.2) is 140 Å². The number of aromatic nitrogens is 7. The van der Waals surface area contributed by atoms with Gasteiger partial charge in [-0.1, -0.05) is 127 Å². The third kappa shape index (κ3) is 8.54. The fraction of sp³-hybridized carbons (Fsp3) is 0.175. The Morgan fingerprint density at radius 3 is 1.04 bits per heavy atom. The number of benzene rings is 4. The van der Waals surface area contributed by atoms with E-state index in [0.717, 1.165) is 159 Å². The predicted molar refractivity (Wildman–Crippen MR) is 274 cm³/mol. The largest absolute Gasteiger partial charge is 2.00 e. The number of nitrogens with one attached hydrogen (secondary N) is 1. The maximum Gasteiger partial charge on any atom is 2.00 e. The van der Waals surface area contributed by atoms with Crippen molar-refractivity contribution in [3.63, 3.8) is 0 Å². The van der Waals surface area contributed by atoms with Gasteiger partial charge in [0.15, 0.2) is 0 Å². The van der Waals surface area contributed by atoms with E-state index in [1.54, 1.807) is 0 Å². The van der Waals surface area contributed by atoms with Crippen molar-refractivity contribution in [1.82, 2.24) is 34.9 Å². The molecule has 4 aliphatic rings. The van der Waals surface area contributed by atoms with Crippen LogP contribution in [0.2, 0.25) is 0 Å². The summed E-state index contributed by atoms with van der Waals surface area (Å²) in [6, 6.07) is 48.2. The molecule has 0 saturated carbocycles. The van der Waals surface area contributed by atoms with Crippen LogP contribution in [-0.4, -0.2) is 51.1 Å². The van der Waals surface area contributed by atoms with Crippen molar-refractivity contribution in [2.24, 2.45) is 0 Å². The molecule has 10 nitrogen and oxygen atoms in total. The van der Waals surface area contributed by atoms with Crippen molar-refractivity contribution >= 4 is 69.9 Å². The summed E-state index contributed by atoms with van der Waals surface area (Å²) >= 11 is 0. The molecule has 2 fully saturated rings. The second-order valence-corrected chi connectivity index (χ2v) is 17.5. The minimum atomic E-state index is 0. The number of hydrogen-bond acceptors (Lipinski definition) is 8. The normalized spacial score (nSPS) is 14.5. The Hall–Kier alpha value is -7.49. The van der Waals surface area contributed by atoms with Crippen molar-refractivity contribution in [3.8, 4) is 44.5 Å². The minimum absolute atomic E-state index is 0. The summed E-state index contributed by atoms with van der Waals surface area (Å²) in [6.45, 7) is 3.84. The number of fused-ring (bicyclic) bond motifs is 8. The van der Waals surface area contributed by atoms with Gasteiger partial charge in [-0.05, 0) is 119 Å². The summed E-state index contributed by atoms with van der Waals surface area (Å²) in [7, 11) is 0. The van der Waals surface area contributed by atoms with Gasteiger partial charge in [-0.2, -0.15) is 15.0 Å². The first-order valence-corrected chi connectivity index (χ1v) is 23.5. The molecule has 0 amide bonds. The van der Waals surface area contributed by atoms with Gasteiger partial charge < -0.3 is 25.1 Å². The molecule has 8 aromatic rings. The average Bonchev–Trinajstić information content (AvgIpc) is 4.25. The van der Waals surface area contributed by atoms with Crippen molar-refractivity contribution < 1.29 is 19.5 Å². The van der Waals surface area contributed by atoms with Crippen LogP contribution in [0.25, 0.3) is 90.9 Å². The first kappa shape index (κ1) is 43.1. The second-order valence-electron chi connectivity index (χ2n) is 17.5. The average molecular weight is 938 g/mol. The Labute approximate surface area is 408 Å². The first-order valence-electron chi connectivity index (χ1n) is 23.5. The zero-order valence-corrected chi connectivity index (χ0v) is 40.9. The molecule has 4 aromatic carbocycles. The van der Waals surface area contributed by atoms with Gasteiger partial charge in [-0.15, -0.1) is 22.1 Å². The van der Waals surface area contributed by atoms with Gasteiger partial charge in [0, 0.05) is 31.9 Å². The molecule has 11 heteroatoms. The third-order valence-electron chi connectivity index (χ3n) is 13.1. The maximum atomic E-state index is 5.45. The summed E-state index contributed by atoms with van der Waals surface area (Å²) in [4.78, 5) is 41.3. The zero-order chi connectivity index (χ0) is 44.5. The molecule has 4 aliphatic heterocycles. The Kier molecular flexibility index (Phi) is 12.1. The van der Waals surface area contributed by atoms with E-state index in [2.05, 4.69) is 161 Å². The van der Waals surface area contributed by atoms with Gasteiger partial charge in [-0.3, -0.25) is 0 Å². The smallest absolute Gasteiger partial charge is 0.657 e. The molecule has 1 N–H and O–H groups in total. The Morgan fingerprint density at radius 1 is 0.353 bits per heavy atom. The van der Waals surface area contributed by atoms with E-state index >= 15 is 0 Å². The molecule has 0 spiro atoms. The molecular formula is C57H48N10Zn. The van der Waals surface area contributed by atoms with Gasteiger partial charge in [0.25, 0.3) is 0 Å². The number of anilines is 4. The molecule has 8 heterocycles. The summed E-state index contributed by atoms with van der Waals surface area (Å²) in [6.07, 6.45) is 15.5. The fourth-order valence-electron chi connectivity index (χ4n) is 9.81. The number of hydrogen-bond donors (Lipinski definition) is 1. The fourth-order valence-corrected chi connectivity index (χ4v) is 9.81. The van der Waals surface area contributed by atoms with E-state index < -0.39 is 0 Å². The van der Waals surface area contributed by atoms with Crippen LogP contribution in [0, 0.1) is 0 Å². The van der Waals surface area contributed by atoms with Crippen molar-refractivity contribution in [1.29, 1.82) is 0 Å². The van der Waals surface area contributed by atoms with Crippen LogP contribution >= 0.6 is 0 Å². The Balaban J connectivity index is 0.00000507. The molecule has 328 valence electrons. The molecule has 0 atom stereocenters. The minimum Gasteiger partial charge on any atom is -0.657 e. The second kappa shape index (κ2) is 19.0. The monoisotopic (exact) mass is 936 g/mol. The summed E-state index contributed by atoms with van der Waals surface area (Å²) in [5, 5.41) is 3.56. The van der Waals surface area contributed by atoms with E-state index in [0.29, 0.717) is 5.95 Å². The molecule has 4 aromatic heterocycles. The van der Waals surface area contributed by atoms with E-state index in [4.69, 9.17) is 34.9 Å². The van der Waals surface area contributed by atoms with E-state index in [1.807, 2.05) is 18.2 Å². The van der Waals surface area contributed by atoms with Crippen molar-refractivity contribution in [2.75, 3.05) is 41.3 Å². The van der Waals surface area contributed by atoms with Gasteiger partial charge in [-0.25, -0.2) is 9.97 Å². The van der Waals surface area contributed by atoms with Crippen LogP contribution in [0.4, 0.5) is 23.5 Å². The Bertz CT molecular complexity index is 3260. The quantitative estimate of drug-likeness (QED) is 0.148. The molecule has 8 bridgehead atoms. The van der Waals surface area contributed by atoms with Crippen LogP contribution in [0.5, 0.6) is 0 Å². The summed E-state index contributed by atoms with van der Waals surface area (Å²) in [5.74, 6) is 2.06. The summed E-state index contributed by atoms with van der Waals surface area (Å²) in [5.41, 5.74) is 15.4. The molecule has 2 saturated heterocycles. The summed E-state index contributed by atoms with van der Waals surface area (Å²) < 4.78 is 0. The first-order chi connectivity index (χ1) is 33.2. The predicted octanol–water partition coefficient (Wildman–Crippen LogP) is 12.5. The zero-order valence-electron chi connectivity index (χ0n) is 37.9. The topological polar surface area (TPSA) is 111 Å². The van der Waals surface area contributed by atoms with Crippen LogP contribution in [-0.2, 0) is 19.5 Å². The van der Waals surface area contributed by atoms with Crippen LogP contribution in [0.1, 0.15) is 61.3 Å². The van der Waals surface area contributed by atoms with Gasteiger partial charge in [0.1, 0.15) is 0 Å². The van der Waals surface area contributed by atoms with E-state index in [-0.39, 0.29) is 19.5 Å². The molecule has 12 rings (SSSR count). The van der Waals surface area contributed by atoms with E-state index in [9.17, 15) is 0 Å². The maximum absolute atomic E-state index is 5.45. The van der Waals surface area contributed by atoms with Crippen molar-refractivity contribution in [2.45, 2.75) is 38.5 Å². The van der Waals surface area contributed by atoms with Gasteiger partial charge in [0.2, 0.25) is 17.8 Å². The molecule has 0 radical (unpaired) electrons. The van der Waals surface area contributed by atoms with Crippen LogP contribution in [0.3, 0.4) is 0 Å². The molecule has 68 heavy (non-hydrogen) atoms. The SMILES string of the molecule is C1=Cc2nc1c(-c1ccccc1)c1ccc([n-]1)c(-c1ccccc1)c1nc(c(-c3ccc(Nc4nc(N5CCCCC5)nc(N5CCCCC5)n4)cc3)c3ccc([n-]3)c2-c2ccccc2)C=C1.[Zn+2]. The van der Waals surface area contributed by atoms with Crippen LogP contribution < -0.4 is 25.1 Å². The number of rotatable bonds is 8. The molecular weight excluding hydrogens is 890 g/mol. The Morgan fingerprint density at radius 2 is 0.691 bits per heavy atom. The molecule has 0 aliphatic carbocycles. The van der Waals surface area contributed by atoms with Gasteiger partial charge in [0.05, 0.1) is 22.8 Å². The number of piperidine rings is 2.